The van der Waals surface area contributed by atoms with Gasteiger partial charge >= 0.3 is 0 Å². The quantitative estimate of drug-likeness (QED) is 0.441. The molecule has 8 heteroatoms. The minimum absolute atomic E-state index is 0.577. The summed E-state index contributed by atoms with van der Waals surface area (Å²) < 4.78 is 19.0. The third-order valence-corrected chi connectivity index (χ3v) is 5.65. The van der Waals surface area contributed by atoms with Crippen LogP contribution in [0.3, 0.4) is 0 Å². The highest BCUT2D eigenvalue weighted by atomic mass is 16.5. The Bertz CT molecular complexity index is 1210. The van der Waals surface area contributed by atoms with Crippen molar-refractivity contribution < 1.29 is 14.2 Å². The van der Waals surface area contributed by atoms with Gasteiger partial charge in [-0.25, -0.2) is 9.97 Å². The molecule has 1 aliphatic rings. The molecule has 0 aliphatic carbocycles. The zero-order chi connectivity index (χ0) is 22.5. The molecule has 0 unspecified atom stereocenters. The number of imidazole rings is 1. The number of hydrogen-bond donors (Lipinski definition) is 1. The van der Waals surface area contributed by atoms with Crippen LogP contribution in [-0.2, 0) is 4.74 Å². The summed E-state index contributed by atoms with van der Waals surface area (Å²) in [4.78, 5) is 11.7. The Balaban J connectivity index is 1.41. The fraction of sp³-hybridized carbons (Fsp3) is 0.280. The second-order valence-corrected chi connectivity index (χ2v) is 7.78. The van der Waals surface area contributed by atoms with Crippen LogP contribution in [0, 0.1) is 0 Å². The smallest absolute Gasteiger partial charge is 0.213 e. The van der Waals surface area contributed by atoms with Crippen LogP contribution in [0.4, 0.5) is 11.6 Å². The van der Waals surface area contributed by atoms with Gasteiger partial charge in [-0.2, -0.15) is 0 Å². The Kier molecular flexibility index (Phi) is 6.37. The maximum Gasteiger partial charge on any atom is 0.213 e. The first-order valence-electron chi connectivity index (χ1n) is 11.1. The highest BCUT2D eigenvalue weighted by Gasteiger charge is 2.14. The average Bonchev–Trinajstić information content (AvgIpc) is 3.34. The van der Waals surface area contributed by atoms with E-state index in [0.29, 0.717) is 24.1 Å². The fourth-order valence-corrected chi connectivity index (χ4v) is 3.87. The Morgan fingerprint density at radius 2 is 1.88 bits per heavy atom. The van der Waals surface area contributed by atoms with Gasteiger partial charge in [0.25, 0.3) is 0 Å². The third kappa shape index (κ3) is 4.92. The lowest BCUT2D eigenvalue weighted by atomic mass is 10.1. The van der Waals surface area contributed by atoms with Gasteiger partial charge in [0.2, 0.25) is 5.95 Å². The Morgan fingerprint density at radius 1 is 1.03 bits per heavy atom. The topological polar surface area (TPSA) is 73.2 Å². The molecule has 0 amide bonds. The number of ether oxygens (including phenoxy) is 3. The number of nitrogens with one attached hydrogen (secondary N) is 1. The Morgan fingerprint density at radius 3 is 2.70 bits per heavy atom. The molecule has 5 rings (SSSR count). The van der Waals surface area contributed by atoms with Gasteiger partial charge in [0, 0.05) is 49.3 Å². The van der Waals surface area contributed by atoms with Crippen LogP contribution >= 0.6 is 0 Å². The van der Waals surface area contributed by atoms with Gasteiger partial charge in [-0.05, 0) is 30.3 Å². The Hall–Kier alpha value is -3.62. The minimum Gasteiger partial charge on any atom is -0.493 e. The van der Waals surface area contributed by atoms with Gasteiger partial charge < -0.3 is 19.5 Å². The molecule has 4 aromatic rings. The van der Waals surface area contributed by atoms with Gasteiger partial charge in [-0.3, -0.25) is 9.30 Å². The summed E-state index contributed by atoms with van der Waals surface area (Å²) in [6.45, 7) is 4.85. The van der Waals surface area contributed by atoms with Gasteiger partial charge in [-0.1, -0.05) is 18.2 Å². The second kappa shape index (κ2) is 9.89. The lowest BCUT2D eigenvalue weighted by molar-refractivity contribution is 0.0321. The number of anilines is 2. The van der Waals surface area contributed by atoms with Crippen LogP contribution in [0.25, 0.3) is 16.9 Å². The maximum atomic E-state index is 6.12. The molecule has 3 heterocycles. The molecule has 0 spiro atoms. The van der Waals surface area contributed by atoms with E-state index in [1.807, 2.05) is 65.2 Å². The van der Waals surface area contributed by atoms with E-state index in [-0.39, 0.29) is 0 Å². The molecule has 1 fully saturated rings. The fourth-order valence-electron chi connectivity index (χ4n) is 3.87. The average molecular weight is 446 g/mol. The number of nitrogens with zero attached hydrogens (tertiary/aromatic N) is 4. The Labute approximate surface area is 192 Å². The number of para-hydroxylation sites is 1. The monoisotopic (exact) mass is 445 g/mol. The van der Waals surface area contributed by atoms with E-state index in [0.717, 1.165) is 55.4 Å². The van der Waals surface area contributed by atoms with Crippen LogP contribution in [0.2, 0.25) is 0 Å². The zero-order valence-corrected chi connectivity index (χ0v) is 18.6. The van der Waals surface area contributed by atoms with Crippen LogP contribution in [0.15, 0.2) is 67.0 Å². The first-order chi connectivity index (χ1) is 16.3. The largest absolute Gasteiger partial charge is 0.493 e. The van der Waals surface area contributed by atoms with E-state index >= 15 is 0 Å². The number of aromatic nitrogens is 3. The summed E-state index contributed by atoms with van der Waals surface area (Å²) in [5, 5.41) is 3.39. The van der Waals surface area contributed by atoms with Crippen molar-refractivity contribution in [2.24, 2.45) is 0 Å². The molecule has 1 aliphatic heterocycles. The zero-order valence-electron chi connectivity index (χ0n) is 18.6. The molecule has 2 aromatic carbocycles. The SMILES string of the molecule is COc1ccc(-c2cc3nccn3c(Nc3ccccc3)n2)cc1OCCN1CCOCC1. The summed E-state index contributed by atoms with van der Waals surface area (Å²) in [6, 6.07) is 17.8. The summed E-state index contributed by atoms with van der Waals surface area (Å²) >= 11 is 0. The van der Waals surface area contributed by atoms with E-state index in [1.54, 1.807) is 13.3 Å². The van der Waals surface area contributed by atoms with Crippen LogP contribution < -0.4 is 14.8 Å². The van der Waals surface area contributed by atoms with Gasteiger partial charge in [0.05, 0.1) is 26.0 Å². The number of rotatable bonds is 8. The van der Waals surface area contributed by atoms with Crippen molar-refractivity contribution in [3.8, 4) is 22.8 Å². The molecule has 1 N–H and O–H groups in total. The number of fused-ring (bicyclic) bond motifs is 1. The minimum atomic E-state index is 0.577. The molecule has 0 bridgehead atoms. The van der Waals surface area contributed by atoms with E-state index in [4.69, 9.17) is 19.2 Å². The van der Waals surface area contributed by atoms with E-state index < -0.39 is 0 Å². The van der Waals surface area contributed by atoms with Crippen molar-refractivity contribution in [2.45, 2.75) is 0 Å². The van der Waals surface area contributed by atoms with E-state index in [2.05, 4.69) is 15.2 Å². The molecule has 1 saturated heterocycles. The number of benzene rings is 2. The second-order valence-electron chi connectivity index (χ2n) is 7.78. The first kappa shape index (κ1) is 21.2. The molecule has 0 atom stereocenters. The summed E-state index contributed by atoms with van der Waals surface area (Å²) in [5.41, 5.74) is 3.50. The van der Waals surface area contributed by atoms with Gasteiger partial charge in [0.15, 0.2) is 11.5 Å². The normalized spacial score (nSPS) is 14.3. The molecule has 0 radical (unpaired) electrons. The predicted molar refractivity (Wildman–Crippen MR) is 127 cm³/mol. The van der Waals surface area contributed by atoms with Crippen LogP contribution in [-0.4, -0.2) is 65.8 Å². The summed E-state index contributed by atoms with van der Waals surface area (Å²) in [5.74, 6) is 2.09. The van der Waals surface area contributed by atoms with Crippen molar-refractivity contribution in [1.82, 2.24) is 19.3 Å². The molecule has 2 aromatic heterocycles. The van der Waals surface area contributed by atoms with E-state index in [1.165, 1.54) is 0 Å². The first-order valence-corrected chi connectivity index (χ1v) is 11.1. The van der Waals surface area contributed by atoms with Gasteiger partial charge in [-0.15, -0.1) is 0 Å². The third-order valence-electron chi connectivity index (χ3n) is 5.65. The van der Waals surface area contributed by atoms with Crippen LogP contribution in [0.5, 0.6) is 11.5 Å². The van der Waals surface area contributed by atoms with Crippen molar-refractivity contribution in [2.75, 3.05) is 51.9 Å². The standard InChI is InChI=1S/C25H27N5O3/c1-31-22-8-7-19(17-23(22)33-16-13-29-11-14-32-15-12-29)21-18-24-26-9-10-30(24)25(28-21)27-20-5-3-2-4-6-20/h2-10,17-18H,11-16H2,1H3,(H,27,28). The number of morpholine rings is 1. The molecule has 8 nitrogen and oxygen atoms in total. The van der Waals surface area contributed by atoms with E-state index in [9.17, 15) is 0 Å². The predicted octanol–water partition coefficient (Wildman–Crippen LogP) is 3.86. The summed E-state index contributed by atoms with van der Waals surface area (Å²) in [7, 11) is 1.65. The lowest BCUT2D eigenvalue weighted by Gasteiger charge is -2.26. The lowest BCUT2D eigenvalue weighted by Crippen LogP contribution is -2.38. The molecule has 33 heavy (non-hydrogen) atoms. The van der Waals surface area contributed by atoms with Gasteiger partial charge in [0.1, 0.15) is 12.3 Å². The van der Waals surface area contributed by atoms with Crippen molar-refractivity contribution in [1.29, 1.82) is 0 Å². The highest BCUT2D eigenvalue weighted by Crippen LogP contribution is 2.33. The molecular weight excluding hydrogens is 418 g/mol. The number of methoxy groups -OCH3 is 1. The molecule has 0 saturated carbocycles. The maximum absolute atomic E-state index is 6.12. The van der Waals surface area contributed by atoms with Crippen molar-refractivity contribution in [3.63, 3.8) is 0 Å². The molecular formula is C25H27N5O3. The number of hydrogen-bond acceptors (Lipinski definition) is 7. The van der Waals surface area contributed by atoms with Crippen LogP contribution in [0.1, 0.15) is 0 Å². The molecule has 170 valence electrons. The van der Waals surface area contributed by atoms with Crippen molar-refractivity contribution >= 4 is 17.3 Å². The van der Waals surface area contributed by atoms with Crippen molar-refractivity contribution in [3.05, 3.63) is 67.0 Å². The summed E-state index contributed by atoms with van der Waals surface area (Å²) in [6.07, 6.45) is 3.66. The highest BCUT2D eigenvalue weighted by molar-refractivity contribution is 5.70.